The molecule has 0 atom stereocenters. The van der Waals surface area contributed by atoms with Crippen molar-refractivity contribution >= 4 is 0 Å². The molecule has 0 aromatic rings. The van der Waals surface area contributed by atoms with Crippen molar-refractivity contribution in [1.82, 2.24) is 0 Å². The van der Waals surface area contributed by atoms with Gasteiger partial charge in [0.15, 0.2) is 0 Å². The second-order valence-corrected chi connectivity index (χ2v) is 2.23. The van der Waals surface area contributed by atoms with Gasteiger partial charge in [-0.1, -0.05) is 86.1 Å². The summed E-state index contributed by atoms with van der Waals surface area (Å²) < 4.78 is 0. The fourth-order valence-electron chi connectivity index (χ4n) is 0.765. The molecule has 0 heteroatoms. The molecular formula is C17H32. The molecule has 0 amide bonds. The fraction of sp³-hybridized carbons (Fsp3) is 0.412. The number of hydrogen-bond donors (Lipinski definition) is 0. The number of allylic oxidation sites excluding steroid dienone is 6. The Kier molecular flexibility index (Phi) is 35.1. The van der Waals surface area contributed by atoms with Gasteiger partial charge < -0.3 is 0 Å². The van der Waals surface area contributed by atoms with Gasteiger partial charge in [0.25, 0.3) is 0 Å². The van der Waals surface area contributed by atoms with Gasteiger partial charge in [0.2, 0.25) is 0 Å². The third kappa shape index (κ3) is 14.7. The van der Waals surface area contributed by atoms with Crippen LogP contribution in [0.2, 0.25) is 0 Å². The molecule has 0 radical (unpaired) electrons. The smallest absolute Gasteiger partial charge is 0.0167 e. The van der Waals surface area contributed by atoms with Crippen molar-refractivity contribution in [3.63, 3.8) is 0 Å². The molecule has 0 N–H and O–H groups in total. The fourth-order valence-corrected chi connectivity index (χ4v) is 0.765. The van der Waals surface area contributed by atoms with Gasteiger partial charge >= 0.3 is 0 Å². The molecule has 0 saturated carbocycles. The summed E-state index contributed by atoms with van der Waals surface area (Å²) in [5.41, 5.74) is 2.97. The van der Waals surface area contributed by atoms with Crippen LogP contribution >= 0.6 is 0 Å². The molecule has 100 valence electrons. The summed E-state index contributed by atoms with van der Waals surface area (Å²) in [7, 11) is 0. The van der Waals surface area contributed by atoms with E-state index in [4.69, 9.17) is 0 Å². The van der Waals surface area contributed by atoms with Crippen molar-refractivity contribution in [2.45, 2.75) is 48.5 Å². The maximum atomic E-state index is 3.82. The molecule has 0 aliphatic heterocycles. The third-order valence-corrected chi connectivity index (χ3v) is 1.53. The topological polar surface area (TPSA) is 0 Å². The van der Waals surface area contributed by atoms with Crippen LogP contribution in [0.25, 0.3) is 0 Å². The first-order valence-corrected chi connectivity index (χ1v) is 6.44. The van der Waals surface area contributed by atoms with Gasteiger partial charge in [-0.3, -0.25) is 0 Å². The molecule has 0 aliphatic carbocycles. The molecule has 0 heterocycles. The Morgan fingerprint density at radius 1 is 0.706 bits per heavy atom. The lowest BCUT2D eigenvalue weighted by atomic mass is 10.0. The Bertz CT molecular complexity index is 226. The standard InChI is InChI=1S/C11H14.3C2H6/c1-6-9(4)11(8-3)10(5)7-2;3*1-2/h6-8H,1-4H2,5H3;3*1-2H3/b11-10-;;;. The molecule has 0 nitrogen and oxygen atoms in total. The molecule has 0 unspecified atom stereocenters. The minimum atomic E-state index is 0.886. The highest BCUT2D eigenvalue weighted by Gasteiger charge is 1.95. The maximum absolute atomic E-state index is 3.82. The van der Waals surface area contributed by atoms with Crippen LogP contribution in [0.5, 0.6) is 0 Å². The first-order valence-electron chi connectivity index (χ1n) is 6.44. The summed E-state index contributed by atoms with van der Waals surface area (Å²) in [5.74, 6) is 0. The molecule has 0 aromatic heterocycles. The average molecular weight is 236 g/mol. The number of rotatable bonds is 4. The first kappa shape index (κ1) is 24.8. The van der Waals surface area contributed by atoms with Crippen LogP contribution < -0.4 is 0 Å². The van der Waals surface area contributed by atoms with Crippen molar-refractivity contribution in [3.05, 3.63) is 61.3 Å². The van der Waals surface area contributed by atoms with Crippen LogP contribution in [0.3, 0.4) is 0 Å². The zero-order valence-corrected chi connectivity index (χ0v) is 13.1. The predicted molar refractivity (Wildman–Crippen MR) is 86.5 cm³/mol. The zero-order chi connectivity index (χ0) is 14.9. The lowest BCUT2D eigenvalue weighted by Gasteiger charge is -2.03. The molecule has 0 aliphatic rings. The van der Waals surface area contributed by atoms with E-state index in [9.17, 15) is 0 Å². The van der Waals surface area contributed by atoms with Gasteiger partial charge in [0, 0.05) is 0 Å². The summed E-state index contributed by atoms with van der Waals surface area (Å²) >= 11 is 0. The monoisotopic (exact) mass is 236 g/mol. The maximum Gasteiger partial charge on any atom is -0.0167 e. The van der Waals surface area contributed by atoms with Gasteiger partial charge in [-0.25, -0.2) is 0 Å². The normalized spacial score (nSPS) is 8.41. The van der Waals surface area contributed by atoms with Gasteiger partial charge in [-0.05, 0) is 23.6 Å². The van der Waals surface area contributed by atoms with Crippen LogP contribution in [0.1, 0.15) is 48.5 Å². The van der Waals surface area contributed by atoms with E-state index >= 15 is 0 Å². The van der Waals surface area contributed by atoms with Crippen molar-refractivity contribution in [2.75, 3.05) is 0 Å². The lowest BCUT2D eigenvalue weighted by molar-refractivity contribution is 1.42. The van der Waals surface area contributed by atoms with E-state index in [1.165, 1.54) is 0 Å². The molecule has 0 spiro atoms. The molecule has 0 saturated heterocycles. The van der Waals surface area contributed by atoms with Gasteiger partial charge in [-0.2, -0.15) is 0 Å². The Morgan fingerprint density at radius 3 is 1.24 bits per heavy atom. The van der Waals surface area contributed by atoms with E-state index in [1.54, 1.807) is 18.2 Å². The molecule has 0 rings (SSSR count). The van der Waals surface area contributed by atoms with Crippen LogP contribution in [0.15, 0.2) is 61.3 Å². The van der Waals surface area contributed by atoms with Gasteiger partial charge in [0.1, 0.15) is 0 Å². The number of hydrogen-bond acceptors (Lipinski definition) is 0. The zero-order valence-electron chi connectivity index (χ0n) is 13.1. The Morgan fingerprint density at radius 2 is 1.06 bits per heavy atom. The van der Waals surface area contributed by atoms with E-state index in [2.05, 4.69) is 26.3 Å². The summed E-state index contributed by atoms with van der Waals surface area (Å²) in [5, 5.41) is 0. The second-order valence-electron chi connectivity index (χ2n) is 2.23. The van der Waals surface area contributed by atoms with Gasteiger partial charge in [-0.15, -0.1) is 0 Å². The second kappa shape index (κ2) is 24.1. The van der Waals surface area contributed by atoms with E-state index in [-0.39, 0.29) is 0 Å². The summed E-state index contributed by atoms with van der Waals surface area (Å²) in [4.78, 5) is 0. The minimum Gasteiger partial charge on any atom is -0.0988 e. The first-order chi connectivity index (χ1) is 8.17. The van der Waals surface area contributed by atoms with Crippen LogP contribution in [-0.2, 0) is 0 Å². The van der Waals surface area contributed by atoms with E-state index < -0.39 is 0 Å². The minimum absolute atomic E-state index is 0.886. The highest BCUT2D eigenvalue weighted by Crippen LogP contribution is 2.15. The summed E-state index contributed by atoms with van der Waals surface area (Å²) in [6.07, 6.45) is 5.26. The van der Waals surface area contributed by atoms with Crippen LogP contribution in [0.4, 0.5) is 0 Å². The quantitative estimate of drug-likeness (QED) is 0.489. The van der Waals surface area contributed by atoms with Crippen molar-refractivity contribution in [2.24, 2.45) is 0 Å². The van der Waals surface area contributed by atoms with Crippen molar-refractivity contribution < 1.29 is 0 Å². The van der Waals surface area contributed by atoms with E-state index in [0.717, 1.165) is 16.7 Å². The van der Waals surface area contributed by atoms with Gasteiger partial charge in [0.05, 0.1) is 0 Å². The average Bonchev–Trinajstić information content (AvgIpc) is 2.45. The molecule has 0 bridgehead atoms. The highest BCUT2D eigenvalue weighted by atomic mass is 14.0. The molecule has 17 heavy (non-hydrogen) atoms. The largest absolute Gasteiger partial charge is 0.0988 e. The Balaban J connectivity index is -0.000000121. The van der Waals surface area contributed by atoms with E-state index in [0.29, 0.717) is 0 Å². The lowest BCUT2D eigenvalue weighted by Crippen LogP contribution is -1.83. The Hall–Kier alpha value is -1.30. The predicted octanol–water partition coefficient (Wildman–Crippen LogP) is 6.50. The SMILES string of the molecule is C=CC(=C)/C(C=C)=C(/C)C=C.CC.CC.CC. The van der Waals surface area contributed by atoms with Crippen LogP contribution in [-0.4, -0.2) is 0 Å². The highest BCUT2D eigenvalue weighted by molar-refractivity contribution is 5.48. The molecular weight excluding hydrogens is 204 g/mol. The van der Waals surface area contributed by atoms with Crippen molar-refractivity contribution in [1.29, 1.82) is 0 Å². The molecule has 0 fully saturated rings. The summed E-state index contributed by atoms with van der Waals surface area (Å²) in [6, 6.07) is 0. The van der Waals surface area contributed by atoms with E-state index in [1.807, 2.05) is 48.5 Å². The van der Waals surface area contributed by atoms with Crippen molar-refractivity contribution in [3.8, 4) is 0 Å². The summed E-state index contributed by atoms with van der Waals surface area (Å²) in [6.45, 7) is 28.8. The molecule has 0 aromatic carbocycles. The third-order valence-electron chi connectivity index (χ3n) is 1.53. The Labute approximate surface area is 110 Å². The van der Waals surface area contributed by atoms with Crippen LogP contribution in [0, 0.1) is 0 Å².